The zero-order chi connectivity index (χ0) is 22.7. The van der Waals surface area contributed by atoms with Crippen molar-refractivity contribution in [2.45, 2.75) is 38.5 Å². The number of carbonyl (C=O) groups excluding carboxylic acids is 3. The molecule has 0 spiro atoms. The van der Waals surface area contributed by atoms with E-state index in [0.717, 1.165) is 16.9 Å². The summed E-state index contributed by atoms with van der Waals surface area (Å²) in [6.07, 6.45) is 0.554. The summed E-state index contributed by atoms with van der Waals surface area (Å²) in [5.74, 6) is -1.91. The Morgan fingerprint density at radius 1 is 0.938 bits per heavy atom. The third-order valence-corrected chi connectivity index (χ3v) is 6.09. The van der Waals surface area contributed by atoms with Crippen molar-refractivity contribution in [1.29, 1.82) is 0 Å². The van der Waals surface area contributed by atoms with E-state index in [1.54, 1.807) is 6.92 Å². The van der Waals surface area contributed by atoms with Crippen molar-refractivity contribution < 1.29 is 23.9 Å². The quantitative estimate of drug-likeness (QED) is 0.552. The molecule has 6 heteroatoms. The first-order valence-electron chi connectivity index (χ1n) is 11.0. The number of hydrogen-bond donors (Lipinski definition) is 1. The van der Waals surface area contributed by atoms with Gasteiger partial charge in [-0.1, -0.05) is 42.5 Å². The maximum Gasteiger partial charge on any atom is 0.317 e. The molecule has 1 heterocycles. The Bertz CT molecular complexity index is 1040. The van der Waals surface area contributed by atoms with Crippen LogP contribution in [0.1, 0.15) is 49.7 Å². The molecule has 0 saturated carbocycles. The fourth-order valence-corrected chi connectivity index (χ4v) is 4.72. The SMILES string of the molecule is CCOC(=O)[C@@H]1C(=O)C2=C(C[C@@H]1c1ccccc1)NC(=O)C[C@@H]2c1ccc(OCC)cc1. The molecule has 1 N–H and O–H groups in total. The van der Waals surface area contributed by atoms with E-state index in [9.17, 15) is 14.4 Å². The van der Waals surface area contributed by atoms with Crippen molar-refractivity contribution in [2.75, 3.05) is 13.2 Å². The number of ketones is 1. The molecule has 0 unspecified atom stereocenters. The first kappa shape index (κ1) is 21.8. The summed E-state index contributed by atoms with van der Waals surface area (Å²) in [5.41, 5.74) is 2.85. The van der Waals surface area contributed by atoms with Crippen LogP contribution in [0, 0.1) is 5.92 Å². The third-order valence-electron chi connectivity index (χ3n) is 6.09. The lowest BCUT2D eigenvalue weighted by Crippen LogP contribution is -2.44. The number of benzene rings is 2. The summed E-state index contributed by atoms with van der Waals surface area (Å²) in [4.78, 5) is 39.3. The average molecular weight is 434 g/mol. The molecular weight excluding hydrogens is 406 g/mol. The standard InChI is InChI=1S/C26H27NO5/c1-3-31-18-12-10-17(11-13-18)20-15-22(28)27-21-14-19(16-8-6-5-7-9-16)24(25(29)23(20)21)26(30)32-4-2/h5-13,19-20,24H,3-4,14-15H2,1-2H3,(H,27,28)/t19-,20-,24+/m1/s1. The van der Waals surface area contributed by atoms with Gasteiger partial charge in [-0.15, -0.1) is 0 Å². The zero-order valence-electron chi connectivity index (χ0n) is 18.3. The first-order chi connectivity index (χ1) is 15.5. The topological polar surface area (TPSA) is 81.7 Å². The molecule has 2 aromatic carbocycles. The van der Waals surface area contributed by atoms with Crippen molar-refractivity contribution in [1.82, 2.24) is 5.32 Å². The van der Waals surface area contributed by atoms with Crippen LogP contribution in [-0.2, 0) is 19.1 Å². The van der Waals surface area contributed by atoms with Crippen molar-refractivity contribution in [3.63, 3.8) is 0 Å². The number of nitrogens with one attached hydrogen (secondary N) is 1. The molecule has 6 nitrogen and oxygen atoms in total. The second-order valence-corrected chi connectivity index (χ2v) is 8.01. The first-order valence-corrected chi connectivity index (χ1v) is 11.0. The molecule has 3 atom stereocenters. The van der Waals surface area contributed by atoms with Gasteiger partial charge in [0.2, 0.25) is 5.91 Å². The Morgan fingerprint density at radius 3 is 2.31 bits per heavy atom. The van der Waals surface area contributed by atoms with E-state index in [0.29, 0.717) is 24.3 Å². The predicted molar refractivity (Wildman–Crippen MR) is 119 cm³/mol. The molecule has 0 radical (unpaired) electrons. The van der Waals surface area contributed by atoms with Gasteiger partial charge in [0.25, 0.3) is 0 Å². The molecule has 0 aromatic heterocycles. The fraction of sp³-hybridized carbons (Fsp3) is 0.346. The second kappa shape index (κ2) is 9.39. The highest BCUT2D eigenvalue weighted by Gasteiger charge is 2.47. The van der Waals surface area contributed by atoms with Crippen LogP contribution < -0.4 is 10.1 Å². The Balaban J connectivity index is 1.77. The number of Topliss-reactive ketones (excluding diaryl/α,β-unsaturated/α-hetero) is 1. The Morgan fingerprint density at radius 2 is 1.66 bits per heavy atom. The lowest BCUT2D eigenvalue weighted by molar-refractivity contribution is -0.152. The molecule has 1 aliphatic carbocycles. The van der Waals surface area contributed by atoms with Gasteiger partial charge in [-0.05, 0) is 43.5 Å². The van der Waals surface area contributed by atoms with Crippen molar-refractivity contribution in [3.8, 4) is 5.75 Å². The number of rotatable bonds is 6. The molecule has 1 amide bonds. The van der Waals surface area contributed by atoms with Gasteiger partial charge in [0.05, 0.1) is 13.2 Å². The molecule has 0 fully saturated rings. The highest BCUT2D eigenvalue weighted by atomic mass is 16.5. The number of carbonyl (C=O) groups is 3. The number of amides is 1. The monoisotopic (exact) mass is 433 g/mol. The molecule has 0 saturated heterocycles. The van der Waals surface area contributed by atoms with Crippen LogP contribution >= 0.6 is 0 Å². The maximum absolute atomic E-state index is 13.8. The van der Waals surface area contributed by atoms with Crippen molar-refractivity contribution >= 4 is 17.7 Å². The van der Waals surface area contributed by atoms with Gasteiger partial charge in [0, 0.05) is 29.5 Å². The van der Waals surface area contributed by atoms with E-state index in [4.69, 9.17) is 9.47 Å². The Labute approximate surface area is 187 Å². The Hall–Kier alpha value is -3.41. The zero-order valence-corrected chi connectivity index (χ0v) is 18.3. The van der Waals surface area contributed by atoms with Gasteiger partial charge in [0.1, 0.15) is 11.7 Å². The third kappa shape index (κ3) is 4.17. The minimum absolute atomic E-state index is 0.128. The van der Waals surface area contributed by atoms with Crippen molar-refractivity contribution in [2.24, 2.45) is 5.92 Å². The predicted octanol–water partition coefficient (Wildman–Crippen LogP) is 3.88. The highest BCUT2D eigenvalue weighted by Crippen LogP contribution is 2.45. The van der Waals surface area contributed by atoms with E-state index in [-0.39, 0.29) is 30.6 Å². The van der Waals surface area contributed by atoms with E-state index >= 15 is 0 Å². The minimum atomic E-state index is -0.934. The maximum atomic E-state index is 13.8. The van der Waals surface area contributed by atoms with Crippen LogP contribution in [0.5, 0.6) is 5.75 Å². The van der Waals surface area contributed by atoms with Crippen LogP contribution in [0.3, 0.4) is 0 Å². The van der Waals surface area contributed by atoms with Crippen LogP contribution in [0.15, 0.2) is 65.9 Å². The molecule has 1 aliphatic heterocycles. The second-order valence-electron chi connectivity index (χ2n) is 8.01. The number of hydrogen-bond acceptors (Lipinski definition) is 5. The highest BCUT2D eigenvalue weighted by molar-refractivity contribution is 6.12. The largest absolute Gasteiger partial charge is 0.494 e. The van der Waals surface area contributed by atoms with E-state index < -0.39 is 17.8 Å². The smallest absolute Gasteiger partial charge is 0.317 e. The average Bonchev–Trinajstić information content (AvgIpc) is 2.79. The van der Waals surface area contributed by atoms with Gasteiger partial charge >= 0.3 is 5.97 Å². The lowest BCUT2D eigenvalue weighted by atomic mass is 9.68. The van der Waals surface area contributed by atoms with Gasteiger partial charge in [-0.3, -0.25) is 14.4 Å². The van der Waals surface area contributed by atoms with E-state index in [2.05, 4.69) is 5.32 Å². The summed E-state index contributed by atoms with van der Waals surface area (Å²) in [6.45, 7) is 4.41. The van der Waals surface area contributed by atoms with Crippen LogP contribution in [0.4, 0.5) is 0 Å². The van der Waals surface area contributed by atoms with Gasteiger partial charge in [0.15, 0.2) is 5.78 Å². The van der Waals surface area contributed by atoms with E-state index in [1.807, 2.05) is 61.5 Å². The van der Waals surface area contributed by atoms with E-state index in [1.165, 1.54) is 0 Å². The summed E-state index contributed by atoms with van der Waals surface area (Å²) in [7, 11) is 0. The molecule has 4 rings (SSSR count). The number of allylic oxidation sites excluding steroid dienone is 2. The summed E-state index contributed by atoms with van der Waals surface area (Å²) in [5, 5.41) is 2.91. The van der Waals surface area contributed by atoms with Gasteiger partial charge in [-0.25, -0.2) is 0 Å². The summed E-state index contributed by atoms with van der Waals surface area (Å²) >= 11 is 0. The van der Waals surface area contributed by atoms with Crippen molar-refractivity contribution in [3.05, 3.63) is 77.0 Å². The molecule has 2 aromatic rings. The minimum Gasteiger partial charge on any atom is -0.494 e. The Kier molecular flexibility index (Phi) is 6.40. The number of ether oxygens (including phenoxy) is 2. The fourth-order valence-electron chi connectivity index (χ4n) is 4.72. The summed E-state index contributed by atoms with van der Waals surface area (Å²) < 4.78 is 10.8. The number of esters is 1. The normalized spacial score (nSPS) is 22.8. The lowest BCUT2D eigenvalue weighted by Gasteiger charge is -2.38. The molecular formula is C26H27NO5. The van der Waals surface area contributed by atoms with Gasteiger partial charge < -0.3 is 14.8 Å². The van der Waals surface area contributed by atoms with Gasteiger partial charge in [-0.2, -0.15) is 0 Å². The molecule has 2 aliphatic rings. The van der Waals surface area contributed by atoms with Crippen LogP contribution in [-0.4, -0.2) is 30.9 Å². The van der Waals surface area contributed by atoms with Crippen LogP contribution in [0.2, 0.25) is 0 Å². The summed E-state index contributed by atoms with van der Waals surface area (Å²) in [6, 6.07) is 16.9. The van der Waals surface area contributed by atoms with Crippen LogP contribution in [0.25, 0.3) is 0 Å². The molecule has 32 heavy (non-hydrogen) atoms. The molecule has 0 bridgehead atoms. The molecule has 166 valence electrons.